The summed E-state index contributed by atoms with van der Waals surface area (Å²) in [6.45, 7) is 3.88. The summed E-state index contributed by atoms with van der Waals surface area (Å²) < 4.78 is 0. The van der Waals surface area contributed by atoms with Crippen LogP contribution in [-0.4, -0.2) is 9.97 Å². The van der Waals surface area contributed by atoms with Crippen LogP contribution in [0.25, 0.3) is 11.6 Å². The second-order valence-corrected chi connectivity index (χ2v) is 4.63. The Labute approximate surface area is 124 Å². The third-order valence-electron chi connectivity index (χ3n) is 3.25. The SMILES string of the molecule is C/C=C(/c1ccc(N)c(/C=C\N)c1)c1cnc(N)nc1C. The van der Waals surface area contributed by atoms with Crippen molar-refractivity contribution in [1.82, 2.24) is 9.97 Å². The van der Waals surface area contributed by atoms with E-state index in [1.54, 1.807) is 12.3 Å². The normalized spacial score (nSPS) is 12.0. The molecule has 0 fully saturated rings. The topological polar surface area (TPSA) is 104 Å². The second kappa shape index (κ2) is 6.09. The molecule has 5 heteroatoms. The maximum absolute atomic E-state index is 5.94. The molecule has 0 bridgehead atoms. The van der Waals surface area contributed by atoms with Crippen molar-refractivity contribution < 1.29 is 0 Å². The number of aromatic nitrogens is 2. The number of nitrogen functional groups attached to an aromatic ring is 2. The van der Waals surface area contributed by atoms with E-state index in [0.29, 0.717) is 5.69 Å². The molecule has 0 aliphatic heterocycles. The Morgan fingerprint density at radius 2 is 2.00 bits per heavy atom. The molecule has 0 unspecified atom stereocenters. The van der Waals surface area contributed by atoms with Gasteiger partial charge in [0.1, 0.15) is 0 Å². The van der Waals surface area contributed by atoms with Gasteiger partial charge in [-0.05, 0) is 55.0 Å². The van der Waals surface area contributed by atoms with Crippen LogP contribution in [0.4, 0.5) is 11.6 Å². The highest BCUT2D eigenvalue weighted by atomic mass is 15.0. The van der Waals surface area contributed by atoms with Crippen LogP contribution in [0.5, 0.6) is 0 Å². The summed E-state index contributed by atoms with van der Waals surface area (Å²) in [5, 5.41) is 0. The fraction of sp³-hybridized carbons (Fsp3) is 0.125. The molecule has 0 aliphatic rings. The van der Waals surface area contributed by atoms with Gasteiger partial charge >= 0.3 is 0 Å². The minimum atomic E-state index is 0.274. The van der Waals surface area contributed by atoms with Crippen LogP contribution in [0.1, 0.15) is 29.3 Å². The number of rotatable bonds is 3. The molecule has 6 N–H and O–H groups in total. The van der Waals surface area contributed by atoms with E-state index in [1.165, 1.54) is 6.20 Å². The lowest BCUT2D eigenvalue weighted by atomic mass is 9.95. The minimum absolute atomic E-state index is 0.274. The quantitative estimate of drug-likeness (QED) is 0.749. The first-order chi connectivity index (χ1) is 10.1. The summed E-state index contributed by atoms with van der Waals surface area (Å²) in [6.07, 6.45) is 7.01. The van der Waals surface area contributed by atoms with Gasteiger partial charge in [0.15, 0.2) is 0 Å². The molecule has 5 nitrogen and oxygen atoms in total. The first-order valence-corrected chi connectivity index (χ1v) is 6.60. The molecule has 0 saturated carbocycles. The zero-order valence-corrected chi connectivity index (χ0v) is 12.2. The van der Waals surface area contributed by atoms with Crippen molar-refractivity contribution in [3.63, 3.8) is 0 Å². The van der Waals surface area contributed by atoms with Crippen molar-refractivity contribution in [2.45, 2.75) is 13.8 Å². The lowest BCUT2D eigenvalue weighted by Gasteiger charge is -2.12. The molecule has 21 heavy (non-hydrogen) atoms. The van der Waals surface area contributed by atoms with E-state index in [9.17, 15) is 0 Å². The number of anilines is 2. The monoisotopic (exact) mass is 281 g/mol. The summed E-state index contributed by atoms with van der Waals surface area (Å²) in [4.78, 5) is 8.29. The summed E-state index contributed by atoms with van der Waals surface area (Å²) in [6, 6.07) is 5.82. The van der Waals surface area contributed by atoms with Gasteiger partial charge in [-0.3, -0.25) is 0 Å². The van der Waals surface area contributed by atoms with Crippen molar-refractivity contribution >= 4 is 23.3 Å². The van der Waals surface area contributed by atoms with Crippen LogP contribution in [0.15, 0.2) is 36.7 Å². The van der Waals surface area contributed by atoms with Gasteiger partial charge < -0.3 is 17.2 Å². The maximum atomic E-state index is 5.94. The fourth-order valence-electron chi connectivity index (χ4n) is 2.22. The van der Waals surface area contributed by atoms with E-state index < -0.39 is 0 Å². The Balaban J connectivity index is 2.54. The van der Waals surface area contributed by atoms with E-state index in [1.807, 2.05) is 38.1 Å². The Bertz CT molecular complexity index is 717. The summed E-state index contributed by atoms with van der Waals surface area (Å²) in [7, 11) is 0. The van der Waals surface area contributed by atoms with Crippen molar-refractivity contribution in [1.29, 1.82) is 0 Å². The number of allylic oxidation sites excluding steroid dienone is 1. The van der Waals surface area contributed by atoms with Gasteiger partial charge in [-0.15, -0.1) is 0 Å². The van der Waals surface area contributed by atoms with Gasteiger partial charge in [0.05, 0.1) is 5.69 Å². The van der Waals surface area contributed by atoms with Crippen LogP contribution < -0.4 is 17.2 Å². The largest absolute Gasteiger partial charge is 0.405 e. The summed E-state index contributed by atoms with van der Waals surface area (Å²) in [5.41, 5.74) is 22.4. The predicted octanol–water partition coefficient (Wildman–Crippen LogP) is 2.33. The van der Waals surface area contributed by atoms with Crippen molar-refractivity contribution in [3.8, 4) is 0 Å². The van der Waals surface area contributed by atoms with E-state index >= 15 is 0 Å². The minimum Gasteiger partial charge on any atom is -0.405 e. The molecule has 0 spiro atoms. The number of hydrogen-bond donors (Lipinski definition) is 3. The molecule has 0 amide bonds. The highest BCUT2D eigenvalue weighted by molar-refractivity contribution is 5.83. The van der Waals surface area contributed by atoms with E-state index in [4.69, 9.17) is 17.2 Å². The number of benzene rings is 1. The van der Waals surface area contributed by atoms with Crippen LogP contribution in [0.2, 0.25) is 0 Å². The van der Waals surface area contributed by atoms with Crippen LogP contribution >= 0.6 is 0 Å². The first-order valence-electron chi connectivity index (χ1n) is 6.60. The van der Waals surface area contributed by atoms with Crippen LogP contribution in [0, 0.1) is 6.92 Å². The third kappa shape index (κ3) is 3.02. The van der Waals surface area contributed by atoms with E-state index in [0.717, 1.165) is 28.0 Å². The standard InChI is InChI=1S/C16H19N5/c1-3-13(14-9-20-16(19)21-10(14)2)11-4-5-15(18)12(8-11)6-7-17/h3-9H,17-18H2,1-2H3,(H2,19,20,21)/b7-6-,13-3-. The third-order valence-corrected chi connectivity index (χ3v) is 3.25. The van der Waals surface area contributed by atoms with Crippen molar-refractivity contribution in [3.05, 3.63) is 59.1 Å². The lowest BCUT2D eigenvalue weighted by Crippen LogP contribution is -2.01. The molecule has 0 saturated heterocycles. The van der Waals surface area contributed by atoms with E-state index in [-0.39, 0.29) is 5.95 Å². The van der Waals surface area contributed by atoms with Gasteiger partial charge in [0, 0.05) is 17.4 Å². The molecule has 0 radical (unpaired) electrons. The number of hydrogen-bond acceptors (Lipinski definition) is 5. The summed E-state index contributed by atoms with van der Waals surface area (Å²) in [5.74, 6) is 0.274. The Morgan fingerprint density at radius 3 is 2.62 bits per heavy atom. The van der Waals surface area contributed by atoms with E-state index in [2.05, 4.69) is 9.97 Å². The molecular formula is C16H19N5. The lowest BCUT2D eigenvalue weighted by molar-refractivity contribution is 1.10. The van der Waals surface area contributed by atoms with Crippen molar-refractivity contribution in [2.24, 2.45) is 5.73 Å². The zero-order valence-electron chi connectivity index (χ0n) is 12.2. The van der Waals surface area contributed by atoms with Gasteiger partial charge in [-0.1, -0.05) is 12.1 Å². The van der Waals surface area contributed by atoms with Gasteiger partial charge in [-0.25, -0.2) is 9.97 Å². The molecule has 108 valence electrons. The molecular weight excluding hydrogens is 262 g/mol. The number of nitrogens with two attached hydrogens (primary N) is 3. The maximum Gasteiger partial charge on any atom is 0.220 e. The highest BCUT2D eigenvalue weighted by Crippen LogP contribution is 2.28. The van der Waals surface area contributed by atoms with Gasteiger partial charge in [0.2, 0.25) is 5.95 Å². The zero-order chi connectivity index (χ0) is 15.4. The Morgan fingerprint density at radius 1 is 1.24 bits per heavy atom. The number of aryl methyl sites for hydroxylation is 1. The fourth-order valence-corrected chi connectivity index (χ4v) is 2.22. The summed E-state index contributed by atoms with van der Waals surface area (Å²) >= 11 is 0. The molecule has 2 aromatic rings. The predicted molar refractivity (Wildman–Crippen MR) is 88.0 cm³/mol. The highest BCUT2D eigenvalue weighted by Gasteiger charge is 2.10. The van der Waals surface area contributed by atoms with Gasteiger partial charge in [0.25, 0.3) is 0 Å². The first kappa shape index (κ1) is 14.6. The Kier molecular flexibility index (Phi) is 4.23. The van der Waals surface area contributed by atoms with Crippen molar-refractivity contribution in [2.75, 3.05) is 11.5 Å². The average molecular weight is 281 g/mol. The Hall–Kier alpha value is -2.82. The van der Waals surface area contributed by atoms with Crippen LogP contribution in [0.3, 0.4) is 0 Å². The number of nitrogens with zero attached hydrogens (tertiary/aromatic N) is 2. The van der Waals surface area contributed by atoms with Gasteiger partial charge in [-0.2, -0.15) is 0 Å². The van der Waals surface area contributed by atoms with Crippen LogP contribution in [-0.2, 0) is 0 Å². The molecule has 1 aromatic heterocycles. The molecule has 0 atom stereocenters. The average Bonchev–Trinajstić information content (AvgIpc) is 2.45. The molecule has 1 heterocycles. The second-order valence-electron chi connectivity index (χ2n) is 4.63. The molecule has 1 aromatic carbocycles. The molecule has 0 aliphatic carbocycles. The molecule has 2 rings (SSSR count). The smallest absolute Gasteiger partial charge is 0.220 e.